The Kier molecular flexibility index (Phi) is 8.46. The first-order chi connectivity index (χ1) is 16.8. The second kappa shape index (κ2) is 11.0. The SMILES string of the molecule is Cc1ccc(S(=O)(=O)N(C)C)cc1NC(=O)COC(=O)c1cc(S(=O)(=O)N2CCOCC2)ccc1F. The van der Waals surface area contributed by atoms with Gasteiger partial charge in [-0.05, 0) is 42.8 Å². The molecule has 0 aromatic heterocycles. The summed E-state index contributed by atoms with van der Waals surface area (Å²) in [5.41, 5.74) is 0.0931. The number of hydrogen-bond donors (Lipinski definition) is 1. The summed E-state index contributed by atoms with van der Waals surface area (Å²) < 4.78 is 76.8. The number of halogens is 1. The topological polar surface area (TPSA) is 139 Å². The maximum absolute atomic E-state index is 14.3. The predicted octanol–water partition coefficient (Wildman–Crippen LogP) is 1.20. The normalized spacial score (nSPS) is 15.0. The third-order valence-corrected chi connectivity index (χ3v) is 9.07. The van der Waals surface area contributed by atoms with Crippen LogP contribution in [0.15, 0.2) is 46.2 Å². The van der Waals surface area contributed by atoms with Gasteiger partial charge in [-0.25, -0.2) is 30.3 Å². The summed E-state index contributed by atoms with van der Waals surface area (Å²) in [7, 11) is -5.00. The molecule has 0 bridgehead atoms. The number of morpholine rings is 1. The number of nitrogens with one attached hydrogen (secondary N) is 1. The van der Waals surface area contributed by atoms with E-state index >= 15 is 0 Å². The van der Waals surface area contributed by atoms with Crippen LogP contribution in [0.2, 0.25) is 0 Å². The van der Waals surface area contributed by atoms with Gasteiger partial charge in [0.2, 0.25) is 20.0 Å². The summed E-state index contributed by atoms with van der Waals surface area (Å²) in [6.07, 6.45) is 0. The fourth-order valence-corrected chi connectivity index (χ4v) is 5.62. The third-order valence-electron chi connectivity index (χ3n) is 5.36. The molecular weight excluding hydrogens is 517 g/mol. The van der Waals surface area contributed by atoms with Crippen LogP contribution >= 0.6 is 0 Å². The van der Waals surface area contributed by atoms with Crippen LogP contribution in [0.5, 0.6) is 0 Å². The van der Waals surface area contributed by atoms with Gasteiger partial charge in [0.15, 0.2) is 6.61 Å². The first kappa shape index (κ1) is 27.7. The number of ether oxygens (including phenoxy) is 2. The first-order valence-corrected chi connectivity index (χ1v) is 13.6. The van der Waals surface area contributed by atoms with Crippen LogP contribution in [0, 0.1) is 12.7 Å². The average molecular weight is 544 g/mol. The second-order valence-electron chi connectivity index (χ2n) is 8.05. The Hall–Kier alpha value is -2.91. The van der Waals surface area contributed by atoms with Crippen LogP contribution in [-0.2, 0) is 34.3 Å². The van der Waals surface area contributed by atoms with Crippen LogP contribution in [0.3, 0.4) is 0 Å². The highest BCUT2D eigenvalue weighted by molar-refractivity contribution is 7.89. The molecule has 0 radical (unpaired) electrons. The molecule has 0 spiro atoms. The number of carbonyl (C=O) groups excluding carboxylic acids is 2. The largest absolute Gasteiger partial charge is 0.452 e. The molecule has 11 nitrogen and oxygen atoms in total. The van der Waals surface area contributed by atoms with Gasteiger partial charge in [0.05, 0.1) is 28.6 Å². The Bertz CT molecular complexity index is 1370. The number of rotatable bonds is 8. The van der Waals surface area contributed by atoms with E-state index in [-0.39, 0.29) is 41.8 Å². The van der Waals surface area contributed by atoms with Crippen LogP contribution in [0.1, 0.15) is 15.9 Å². The van der Waals surface area contributed by atoms with E-state index in [0.717, 1.165) is 22.5 Å². The monoisotopic (exact) mass is 543 g/mol. The molecule has 1 aliphatic rings. The van der Waals surface area contributed by atoms with E-state index in [1.54, 1.807) is 6.92 Å². The van der Waals surface area contributed by atoms with Gasteiger partial charge < -0.3 is 14.8 Å². The summed E-state index contributed by atoms with van der Waals surface area (Å²) in [5.74, 6) is -3.05. The zero-order valence-corrected chi connectivity index (χ0v) is 21.5. The van der Waals surface area contributed by atoms with E-state index in [1.165, 1.54) is 36.6 Å². The van der Waals surface area contributed by atoms with E-state index in [0.29, 0.717) is 5.56 Å². The zero-order chi connectivity index (χ0) is 26.7. The molecule has 0 atom stereocenters. The Morgan fingerprint density at radius 1 is 1.06 bits per heavy atom. The number of hydrogen-bond acceptors (Lipinski definition) is 8. The summed E-state index contributed by atoms with van der Waals surface area (Å²) in [6.45, 7) is 1.50. The van der Waals surface area contributed by atoms with Gasteiger partial charge in [0, 0.05) is 32.9 Å². The molecule has 196 valence electrons. The van der Waals surface area contributed by atoms with Gasteiger partial charge in [-0.3, -0.25) is 4.79 Å². The van der Waals surface area contributed by atoms with Crippen molar-refractivity contribution in [3.05, 3.63) is 53.3 Å². The number of anilines is 1. The van der Waals surface area contributed by atoms with Crippen LogP contribution in [0.25, 0.3) is 0 Å². The zero-order valence-electron chi connectivity index (χ0n) is 19.9. The van der Waals surface area contributed by atoms with Gasteiger partial charge in [-0.2, -0.15) is 4.31 Å². The van der Waals surface area contributed by atoms with E-state index in [9.17, 15) is 30.8 Å². The summed E-state index contributed by atoms with van der Waals surface area (Å²) >= 11 is 0. The number of carbonyl (C=O) groups is 2. The lowest BCUT2D eigenvalue weighted by molar-refractivity contribution is -0.119. The number of nitrogens with zero attached hydrogens (tertiary/aromatic N) is 2. The van der Waals surface area contributed by atoms with Gasteiger partial charge in [-0.1, -0.05) is 6.07 Å². The van der Waals surface area contributed by atoms with Crippen molar-refractivity contribution in [2.75, 3.05) is 52.3 Å². The third kappa shape index (κ3) is 6.07. The molecule has 1 fully saturated rings. The highest BCUT2D eigenvalue weighted by atomic mass is 32.2. The molecular formula is C22H26FN3O8S2. The van der Waals surface area contributed by atoms with Gasteiger partial charge >= 0.3 is 5.97 Å². The molecule has 3 rings (SSSR count). The molecule has 0 aliphatic carbocycles. The molecule has 2 aromatic rings. The predicted molar refractivity (Wildman–Crippen MR) is 127 cm³/mol. The molecule has 1 heterocycles. The smallest absolute Gasteiger partial charge is 0.341 e. The number of sulfonamides is 2. The van der Waals surface area contributed by atoms with Gasteiger partial charge in [0.25, 0.3) is 5.91 Å². The summed E-state index contributed by atoms with van der Waals surface area (Å²) in [5, 5.41) is 2.45. The Labute approximate surface area is 208 Å². The van der Waals surface area contributed by atoms with Gasteiger partial charge in [0.1, 0.15) is 5.82 Å². The lowest BCUT2D eigenvalue weighted by Gasteiger charge is -2.26. The highest BCUT2D eigenvalue weighted by Gasteiger charge is 2.28. The minimum Gasteiger partial charge on any atom is -0.452 e. The minimum absolute atomic E-state index is 0.0502. The van der Waals surface area contributed by atoms with Crippen molar-refractivity contribution in [2.45, 2.75) is 16.7 Å². The van der Waals surface area contributed by atoms with Crippen LogP contribution in [-0.4, -0.2) is 84.3 Å². The van der Waals surface area contributed by atoms with E-state index < -0.39 is 49.9 Å². The second-order valence-corrected chi connectivity index (χ2v) is 12.1. The van der Waals surface area contributed by atoms with Crippen molar-refractivity contribution in [2.24, 2.45) is 0 Å². The number of esters is 1. The molecule has 0 saturated carbocycles. The molecule has 36 heavy (non-hydrogen) atoms. The Morgan fingerprint density at radius 2 is 1.69 bits per heavy atom. The highest BCUT2D eigenvalue weighted by Crippen LogP contribution is 2.23. The first-order valence-electron chi connectivity index (χ1n) is 10.7. The number of aryl methyl sites for hydroxylation is 1. The van der Waals surface area contributed by atoms with Crippen molar-refractivity contribution in [1.29, 1.82) is 0 Å². The fraction of sp³-hybridized carbons (Fsp3) is 0.364. The molecule has 1 saturated heterocycles. The lowest BCUT2D eigenvalue weighted by atomic mass is 10.2. The van der Waals surface area contributed by atoms with Crippen LogP contribution < -0.4 is 5.32 Å². The Morgan fingerprint density at radius 3 is 2.33 bits per heavy atom. The van der Waals surface area contributed by atoms with E-state index in [2.05, 4.69) is 5.32 Å². The van der Waals surface area contributed by atoms with Crippen molar-refractivity contribution >= 4 is 37.6 Å². The quantitative estimate of drug-likeness (QED) is 0.490. The minimum atomic E-state index is -3.99. The summed E-state index contributed by atoms with van der Waals surface area (Å²) in [6, 6.07) is 6.91. The van der Waals surface area contributed by atoms with E-state index in [4.69, 9.17) is 9.47 Å². The van der Waals surface area contributed by atoms with E-state index in [1.807, 2.05) is 0 Å². The lowest BCUT2D eigenvalue weighted by Crippen LogP contribution is -2.40. The number of benzene rings is 2. The Balaban J connectivity index is 1.71. The molecule has 2 aromatic carbocycles. The maximum Gasteiger partial charge on any atom is 0.341 e. The van der Waals surface area contributed by atoms with Crippen molar-refractivity contribution in [3.63, 3.8) is 0 Å². The molecule has 0 unspecified atom stereocenters. The number of amides is 1. The van der Waals surface area contributed by atoms with Crippen molar-refractivity contribution in [3.8, 4) is 0 Å². The standard InChI is InChI=1S/C22H26FN3O8S2/c1-15-4-5-17(35(29,30)25(2)3)13-20(15)24-21(27)14-34-22(28)18-12-16(6-7-19(18)23)36(31,32)26-8-10-33-11-9-26/h4-7,12-13H,8-11,14H2,1-3H3,(H,24,27). The maximum atomic E-state index is 14.3. The molecule has 1 amide bonds. The fourth-order valence-electron chi connectivity index (χ4n) is 3.26. The summed E-state index contributed by atoms with van der Waals surface area (Å²) in [4.78, 5) is 24.5. The molecule has 1 aliphatic heterocycles. The van der Waals surface area contributed by atoms with Crippen molar-refractivity contribution < 1.29 is 40.3 Å². The molecule has 1 N–H and O–H groups in total. The van der Waals surface area contributed by atoms with Crippen molar-refractivity contribution in [1.82, 2.24) is 8.61 Å². The average Bonchev–Trinajstić information content (AvgIpc) is 2.84. The van der Waals surface area contributed by atoms with Crippen LogP contribution in [0.4, 0.5) is 10.1 Å². The van der Waals surface area contributed by atoms with Gasteiger partial charge in [-0.15, -0.1) is 0 Å². The molecule has 14 heteroatoms.